The number of rotatable bonds is 8. The molecule has 0 radical (unpaired) electrons. The lowest BCUT2D eigenvalue weighted by Gasteiger charge is -2.22. The van der Waals surface area contributed by atoms with E-state index in [2.05, 4.69) is 28.1 Å². The molecule has 1 aromatic carbocycles. The number of ether oxygens (including phenoxy) is 1. The molecule has 4 rings (SSSR count). The maximum absolute atomic E-state index is 13.0. The lowest BCUT2D eigenvalue weighted by molar-refractivity contribution is -0.141. The standard InChI is InChI=1S/C26H33N5O4/c1-35-24(33)15-19-10-13-31(16-20-14-22(29-17-32)8-9-23(19)20)26(34)28-12-3-5-21-7-6-18-4-2-11-27-25(18)30-21/h6-9,14,17,19H,2-5,10-13,15-16H2,1H3,(H,27,30)(H,28,34)(H,29,32). The molecule has 0 spiro atoms. The summed E-state index contributed by atoms with van der Waals surface area (Å²) in [7, 11) is 1.38. The molecule has 0 bridgehead atoms. The molecule has 2 aromatic rings. The lowest BCUT2D eigenvalue weighted by Crippen LogP contribution is -2.40. The van der Waals surface area contributed by atoms with Crippen molar-refractivity contribution in [2.24, 2.45) is 0 Å². The van der Waals surface area contributed by atoms with E-state index in [1.165, 1.54) is 12.7 Å². The first-order valence-electron chi connectivity index (χ1n) is 12.2. The van der Waals surface area contributed by atoms with Gasteiger partial charge in [-0.3, -0.25) is 9.59 Å². The SMILES string of the molecule is COC(=O)CC1CCN(C(=O)NCCCc2ccc3c(n2)NCCC3)Cc2cc(NC=O)ccc21. The van der Waals surface area contributed by atoms with E-state index in [1.54, 1.807) is 4.90 Å². The van der Waals surface area contributed by atoms with Crippen LogP contribution in [-0.4, -0.2) is 55.0 Å². The number of nitrogens with one attached hydrogen (secondary N) is 3. The molecule has 35 heavy (non-hydrogen) atoms. The molecular weight excluding hydrogens is 446 g/mol. The van der Waals surface area contributed by atoms with Crippen molar-refractivity contribution in [2.75, 3.05) is 37.4 Å². The number of aromatic nitrogens is 1. The Kier molecular flexibility index (Phi) is 8.18. The normalized spacial score (nSPS) is 16.7. The Hall–Kier alpha value is -3.62. The largest absolute Gasteiger partial charge is 0.469 e. The number of anilines is 2. The zero-order valence-corrected chi connectivity index (χ0v) is 20.1. The van der Waals surface area contributed by atoms with Gasteiger partial charge in [-0.1, -0.05) is 12.1 Å². The molecule has 2 aliphatic heterocycles. The van der Waals surface area contributed by atoms with Crippen LogP contribution in [0.5, 0.6) is 0 Å². The first-order chi connectivity index (χ1) is 17.1. The summed E-state index contributed by atoms with van der Waals surface area (Å²) in [5.74, 6) is 0.662. The fraction of sp³-hybridized carbons (Fsp3) is 0.462. The molecule has 186 valence electrons. The van der Waals surface area contributed by atoms with Crippen LogP contribution in [0.2, 0.25) is 0 Å². The van der Waals surface area contributed by atoms with Crippen molar-refractivity contribution >= 4 is 29.9 Å². The summed E-state index contributed by atoms with van der Waals surface area (Å²) in [5.41, 5.74) is 4.88. The zero-order chi connectivity index (χ0) is 24.6. The van der Waals surface area contributed by atoms with Gasteiger partial charge >= 0.3 is 12.0 Å². The van der Waals surface area contributed by atoms with Crippen molar-refractivity contribution in [3.63, 3.8) is 0 Å². The number of methoxy groups -OCH3 is 1. The van der Waals surface area contributed by atoms with Gasteiger partial charge in [0, 0.05) is 37.6 Å². The van der Waals surface area contributed by atoms with Crippen LogP contribution in [0.3, 0.4) is 0 Å². The maximum Gasteiger partial charge on any atom is 0.317 e. The Morgan fingerprint density at radius 2 is 2.14 bits per heavy atom. The number of amides is 3. The Balaban J connectivity index is 1.35. The van der Waals surface area contributed by atoms with E-state index in [4.69, 9.17) is 9.72 Å². The summed E-state index contributed by atoms with van der Waals surface area (Å²) in [4.78, 5) is 42.3. The highest BCUT2D eigenvalue weighted by Gasteiger charge is 2.27. The van der Waals surface area contributed by atoms with Gasteiger partial charge in [-0.2, -0.15) is 0 Å². The molecular formula is C26H33N5O4. The number of hydrogen-bond acceptors (Lipinski definition) is 6. The van der Waals surface area contributed by atoms with Crippen LogP contribution in [0.1, 0.15) is 54.0 Å². The average Bonchev–Trinajstić information content (AvgIpc) is 3.05. The summed E-state index contributed by atoms with van der Waals surface area (Å²) in [6.45, 7) is 2.44. The van der Waals surface area contributed by atoms with Crippen molar-refractivity contribution in [2.45, 2.75) is 51.0 Å². The minimum Gasteiger partial charge on any atom is -0.469 e. The molecule has 9 heteroatoms. The van der Waals surface area contributed by atoms with Crippen molar-refractivity contribution < 1.29 is 19.1 Å². The third-order valence-electron chi connectivity index (χ3n) is 6.68. The minimum absolute atomic E-state index is 0.0516. The van der Waals surface area contributed by atoms with Gasteiger partial charge in [-0.15, -0.1) is 0 Å². The van der Waals surface area contributed by atoms with E-state index in [0.29, 0.717) is 38.2 Å². The third kappa shape index (κ3) is 6.29. The molecule has 1 unspecified atom stereocenters. The van der Waals surface area contributed by atoms with Gasteiger partial charge in [-0.25, -0.2) is 9.78 Å². The maximum atomic E-state index is 13.0. The molecule has 0 saturated carbocycles. The molecule has 0 saturated heterocycles. The second kappa shape index (κ2) is 11.7. The molecule has 3 heterocycles. The summed E-state index contributed by atoms with van der Waals surface area (Å²) in [6, 6.07) is 9.70. The van der Waals surface area contributed by atoms with Crippen LogP contribution < -0.4 is 16.0 Å². The van der Waals surface area contributed by atoms with E-state index in [9.17, 15) is 14.4 Å². The Labute approximate surface area is 205 Å². The highest BCUT2D eigenvalue weighted by Crippen LogP contribution is 2.33. The van der Waals surface area contributed by atoms with E-state index < -0.39 is 0 Å². The number of carbonyl (C=O) groups is 3. The second-order valence-corrected chi connectivity index (χ2v) is 9.04. The Morgan fingerprint density at radius 1 is 1.26 bits per heavy atom. The predicted octanol–water partition coefficient (Wildman–Crippen LogP) is 3.20. The van der Waals surface area contributed by atoms with Crippen LogP contribution in [0, 0.1) is 0 Å². The smallest absolute Gasteiger partial charge is 0.317 e. The Morgan fingerprint density at radius 3 is 2.97 bits per heavy atom. The van der Waals surface area contributed by atoms with Crippen LogP contribution in [0.15, 0.2) is 30.3 Å². The molecule has 3 N–H and O–H groups in total. The highest BCUT2D eigenvalue weighted by atomic mass is 16.5. The first kappa shape index (κ1) is 24.5. The molecule has 1 aromatic heterocycles. The summed E-state index contributed by atoms with van der Waals surface area (Å²) < 4.78 is 4.88. The van der Waals surface area contributed by atoms with Gasteiger partial charge in [0.1, 0.15) is 5.82 Å². The summed E-state index contributed by atoms with van der Waals surface area (Å²) in [6.07, 6.45) is 5.32. The molecule has 9 nitrogen and oxygen atoms in total. The summed E-state index contributed by atoms with van der Waals surface area (Å²) >= 11 is 0. The van der Waals surface area contributed by atoms with Gasteiger partial charge in [0.05, 0.1) is 13.5 Å². The van der Waals surface area contributed by atoms with E-state index in [1.807, 2.05) is 18.2 Å². The highest BCUT2D eigenvalue weighted by molar-refractivity contribution is 5.76. The minimum atomic E-state index is -0.278. The number of nitrogens with zero attached hydrogens (tertiary/aromatic N) is 2. The number of pyridine rings is 1. The van der Waals surface area contributed by atoms with Crippen LogP contribution in [0.25, 0.3) is 0 Å². The average molecular weight is 480 g/mol. The number of esters is 1. The number of benzene rings is 1. The number of urea groups is 1. The monoisotopic (exact) mass is 479 g/mol. The molecule has 3 amide bonds. The van der Waals surface area contributed by atoms with Crippen LogP contribution >= 0.6 is 0 Å². The fourth-order valence-corrected chi connectivity index (χ4v) is 4.81. The van der Waals surface area contributed by atoms with Gasteiger partial charge < -0.3 is 25.6 Å². The number of carbonyl (C=O) groups excluding carboxylic acids is 3. The van der Waals surface area contributed by atoms with Crippen LogP contribution in [0.4, 0.5) is 16.3 Å². The third-order valence-corrected chi connectivity index (χ3v) is 6.68. The van der Waals surface area contributed by atoms with Gasteiger partial charge in [-0.05, 0) is 72.9 Å². The van der Waals surface area contributed by atoms with Gasteiger partial charge in [0.15, 0.2) is 0 Å². The quantitative estimate of drug-likeness (QED) is 0.305. The molecule has 0 fully saturated rings. The van der Waals surface area contributed by atoms with Crippen molar-refractivity contribution in [1.82, 2.24) is 15.2 Å². The van der Waals surface area contributed by atoms with Crippen molar-refractivity contribution in [1.29, 1.82) is 0 Å². The molecule has 0 aliphatic carbocycles. The number of aryl methyl sites for hydroxylation is 2. The van der Waals surface area contributed by atoms with Crippen LogP contribution in [-0.2, 0) is 33.7 Å². The first-order valence-corrected chi connectivity index (χ1v) is 12.2. The van der Waals surface area contributed by atoms with E-state index >= 15 is 0 Å². The second-order valence-electron chi connectivity index (χ2n) is 9.04. The molecule has 2 aliphatic rings. The van der Waals surface area contributed by atoms with Crippen molar-refractivity contribution in [3.05, 3.63) is 52.7 Å². The van der Waals surface area contributed by atoms with Crippen molar-refractivity contribution in [3.8, 4) is 0 Å². The van der Waals surface area contributed by atoms with Gasteiger partial charge in [0.25, 0.3) is 0 Å². The fourth-order valence-electron chi connectivity index (χ4n) is 4.81. The number of hydrogen-bond donors (Lipinski definition) is 3. The summed E-state index contributed by atoms with van der Waals surface area (Å²) in [5, 5.41) is 9.05. The van der Waals surface area contributed by atoms with Gasteiger partial charge in [0.2, 0.25) is 6.41 Å². The lowest BCUT2D eigenvalue weighted by atomic mass is 9.90. The topological polar surface area (TPSA) is 113 Å². The molecule has 1 atom stereocenters. The number of fused-ring (bicyclic) bond motifs is 2. The zero-order valence-electron chi connectivity index (χ0n) is 20.1. The predicted molar refractivity (Wildman–Crippen MR) is 133 cm³/mol. The Bertz CT molecular complexity index is 1070. The van der Waals surface area contributed by atoms with E-state index in [0.717, 1.165) is 54.9 Å². The van der Waals surface area contributed by atoms with E-state index in [-0.39, 0.29) is 24.3 Å².